The van der Waals surface area contributed by atoms with Crippen LogP contribution in [0, 0.1) is 0 Å². The second kappa shape index (κ2) is 6.84. The summed E-state index contributed by atoms with van der Waals surface area (Å²) in [6.07, 6.45) is 3.49. The number of esters is 2. The zero-order valence-corrected chi connectivity index (χ0v) is 16.2. The summed E-state index contributed by atoms with van der Waals surface area (Å²) in [4.78, 5) is 25.0. The molecule has 2 aromatic heterocycles. The van der Waals surface area contributed by atoms with Crippen LogP contribution < -0.4 is 0 Å². The molecule has 0 aliphatic heterocycles. The Kier molecular flexibility index (Phi) is 4.73. The number of fused-ring (bicyclic) bond motifs is 1. The molecule has 2 heterocycles. The van der Waals surface area contributed by atoms with E-state index in [1.165, 1.54) is 14.2 Å². The van der Waals surface area contributed by atoms with Gasteiger partial charge < -0.3 is 14.0 Å². The number of nitrogens with zero attached hydrogens (tertiary/aromatic N) is 2. The third-order valence-electron chi connectivity index (χ3n) is 4.22. The van der Waals surface area contributed by atoms with Gasteiger partial charge in [0.05, 0.1) is 14.2 Å². The zero-order chi connectivity index (χ0) is 19.0. The van der Waals surface area contributed by atoms with Crippen molar-refractivity contribution < 1.29 is 19.1 Å². The van der Waals surface area contributed by atoms with Crippen molar-refractivity contribution >= 4 is 39.1 Å². The molecule has 0 saturated heterocycles. The summed E-state index contributed by atoms with van der Waals surface area (Å²) in [7, 11) is 4.37. The lowest BCUT2D eigenvalue weighted by atomic mass is 9.97. The number of ether oxygens (including phenoxy) is 2. The lowest BCUT2D eigenvalue weighted by Gasteiger charge is -2.11. The van der Waals surface area contributed by atoms with Crippen molar-refractivity contribution in [2.75, 3.05) is 14.2 Å². The highest BCUT2D eigenvalue weighted by molar-refractivity contribution is 9.10. The lowest BCUT2D eigenvalue weighted by Crippen LogP contribution is -2.13. The maximum Gasteiger partial charge on any atom is 0.356 e. The summed E-state index contributed by atoms with van der Waals surface area (Å²) >= 11 is 3.51. The van der Waals surface area contributed by atoms with Gasteiger partial charge in [-0.2, -0.15) is 0 Å². The molecule has 0 aliphatic carbocycles. The number of imidazole rings is 1. The van der Waals surface area contributed by atoms with Crippen molar-refractivity contribution in [3.63, 3.8) is 0 Å². The van der Waals surface area contributed by atoms with Crippen molar-refractivity contribution in [3.05, 3.63) is 70.1 Å². The number of carbonyl (C=O) groups excluding carboxylic acids is 2. The third-order valence-corrected chi connectivity index (χ3v) is 4.91. The minimum absolute atomic E-state index is 0.109. The summed E-state index contributed by atoms with van der Waals surface area (Å²) in [5.74, 6) is -1.25. The fourth-order valence-electron chi connectivity index (χ4n) is 3.03. The number of carbonyl (C=O) groups is 2. The molecule has 0 aliphatic rings. The third kappa shape index (κ3) is 2.64. The van der Waals surface area contributed by atoms with Gasteiger partial charge in [-0.15, -0.1) is 0 Å². The molecular formula is C19H17BrN2O4. The predicted molar refractivity (Wildman–Crippen MR) is 101 cm³/mol. The quantitative estimate of drug-likeness (QED) is 0.608. The van der Waals surface area contributed by atoms with Gasteiger partial charge >= 0.3 is 11.9 Å². The molecule has 0 saturated carbocycles. The fourth-order valence-corrected chi connectivity index (χ4v) is 3.55. The van der Waals surface area contributed by atoms with E-state index in [4.69, 9.17) is 9.47 Å². The molecule has 0 bridgehead atoms. The van der Waals surface area contributed by atoms with E-state index in [0.29, 0.717) is 16.8 Å². The second-order valence-electron chi connectivity index (χ2n) is 5.64. The number of aromatic nitrogens is 2. The van der Waals surface area contributed by atoms with Crippen molar-refractivity contribution in [2.24, 2.45) is 7.05 Å². The highest BCUT2D eigenvalue weighted by atomic mass is 79.9. The van der Waals surface area contributed by atoms with Gasteiger partial charge in [0.2, 0.25) is 0 Å². The van der Waals surface area contributed by atoms with E-state index in [2.05, 4.69) is 22.5 Å². The number of benzene rings is 1. The van der Waals surface area contributed by atoms with Crippen LogP contribution in [0.2, 0.25) is 0 Å². The SMILES string of the molecule is C=C(c1ccccc1Br)c1c(C(=O)OC)c(C(=O)OC)n2ccn(C)c12. The largest absolute Gasteiger partial charge is 0.465 e. The maximum absolute atomic E-state index is 12.6. The molecular weight excluding hydrogens is 400 g/mol. The number of methoxy groups -OCH3 is 2. The van der Waals surface area contributed by atoms with Crippen LogP contribution >= 0.6 is 15.9 Å². The van der Waals surface area contributed by atoms with Crippen LogP contribution in [-0.2, 0) is 16.5 Å². The predicted octanol–water partition coefficient (Wildman–Crippen LogP) is 3.68. The Morgan fingerprint density at radius 1 is 1.04 bits per heavy atom. The van der Waals surface area contributed by atoms with E-state index >= 15 is 0 Å². The highest BCUT2D eigenvalue weighted by Gasteiger charge is 2.32. The highest BCUT2D eigenvalue weighted by Crippen LogP contribution is 2.36. The Morgan fingerprint density at radius 3 is 2.31 bits per heavy atom. The molecule has 0 spiro atoms. The van der Waals surface area contributed by atoms with Gasteiger partial charge in [0.15, 0.2) is 0 Å². The average Bonchev–Trinajstić information content (AvgIpc) is 3.18. The van der Waals surface area contributed by atoms with E-state index in [1.807, 2.05) is 35.9 Å². The Bertz CT molecular complexity index is 1050. The van der Waals surface area contributed by atoms with E-state index in [1.54, 1.807) is 16.8 Å². The van der Waals surface area contributed by atoms with Crippen LogP contribution in [0.25, 0.3) is 11.2 Å². The number of hydrogen-bond acceptors (Lipinski definition) is 4. The van der Waals surface area contributed by atoms with Gasteiger partial charge in [-0.1, -0.05) is 40.7 Å². The standard InChI is InChI=1S/C19H17BrN2O4/c1-11(12-7-5-6-8-13(12)20)14-15(18(23)25-3)16(19(24)26-4)22-10-9-21(2)17(14)22/h5-10H,1H2,2-4H3. The van der Waals surface area contributed by atoms with Crippen molar-refractivity contribution in [3.8, 4) is 0 Å². The van der Waals surface area contributed by atoms with Gasteiger partial charge in [0.25, 0.3) is 0 Å². The number of halogens is 1. The lowest BCUT2D eigenvalue weighted by molar-refractivity contribution is 0.0550. The number of rotatable bonds is 4. The van der Waals surface area contributed by atoms with E-state index in [0.717, 1.165) is 10.0 Å². The van der Waals surface area contributed by atoms with Crippen molar-refractivity contribution in [2.45, 2.75) is 0 Å². The van der Waals surface area contributed by atoms with E-state index in [-0.39, 0.29) is 11.3 Å². The molecule has 0 fully saturated rings. The Hall–Kier alpha value is -2.80. The zero-order valence-electron chi connectivity index (χ0n) is 14.6. The summed E-state index contributed by atoms with van der Waals surface area (Å²) in [6.45, 7) is 4.19. The first-order chi connectivity index (χ1) is 12.4. The van der Waals surface area contributed by atoms with Crippen LogP contribution in [0.3, 0.4) is 0 Å². The van der Waals surface area contributed by atoms with Crippen molar-refractivity contribution in [1.29, 1.82) is 0 Å². The van der Waals surface area contributed by atoms with Gasteiger partial charge in [-0.3, -0.25) is 4.40 Å². The molecule has 134 valence electrons. The molecule has 3 rings (SSSR count). The number of hydrogen-bond donors (Lipinski definition) is 0. The number of aryl methyl sites for hydroxylation is 1. The first-order valence-corrected chi connectivity index (χ1v) is 8.51. The van der Waals surface area contributed by atoms with Gasteiger partial charge in [-0.05, 0) is 17.2 Å². The van der Waals surface area contributed by atoms with Gasteiger partial charge in [-0.25, -0.2) is 9.59 Å². The Labute approximate surface area is 158 Å². The topological polar surface area (TPSA) is 61.9 Å². The fraction of sp³-hybridized carbons (Fsp3) is 0.158. The minimum atomic E-state index is -0.627. The first-order valence-electron chi connectivity index (χ1n) is 7.72. The minimum Gasteiger partial charge on any atom is -0.465 e. The molecule has 26 heavy (non-hydrogen) atoms. The molecule has 7 heteroatoms. The summed E-state index contributed by atoms with van der Waals surface area (Å²) in [6, 6.07) is 7.54. The summed E-state index contributed by atoms with van der Waals surface area (Å²) in [5, 5.41) is 0. The molecule has 1 aromatic carbocycles. The Morgan fingerprint density at radius 2 is 1.69 bits per heavy atom. The van der Waals surface area contributed by atoms with E-state index < -0.39 is 11.9 Å². The smallest absolute Gasteiger partial charge is 0.356 e. The average molecular weight is 417 g/mol. The Balaban J connectivity index is 2.42. The van der Waals surface area contributed by atoms with Crippen LogP contribution in [0.4, 0.5) is 0 Å². The van der Waals surface area contributed by atoms with Crippen LogP contribution in [0.15, 0.2) is 47.7 Å². The molecule has 0 N–H and O–H groups in total. The van der Waals surface area contributed by atoms with Gasteiger partial charge in [0, 0.05) is 29.5 Å². The monoisotopic (exact) mass is 416 g/mol. The molecule has 0 atom stereocenters. The molecule has 0 unspecified atom stereocenters. The molecule has 6 nitrogen and oxygen atoms in total. The van der Waals surface area contributed by atoms with Crippen molar-refractivity contribution in [1.82, 2.24) is 8.97 Å². The molecule has 3 aromatic rings. The van der Waals surface area contributed by atoms with Gasteiger partial charge in [0.1, 0.15) is 16.9 Å². The molecule has 0 amide bonds. The van der Waals surface area contributed by atoms with Crippen LogP contribution in [0.1, 0.15) is 32.0 Å². The summed E-state index contributed by atoms with van der Waals surface area (Å²) < 4.78 is 14.1. The van der Waals surface area contributed by atoms with E-state index in [9.17, 15) is 9.59 Å². The van der Waals surface area contributed by atoms with Crippen LogP contribution in [0.5, 0.6) is 0 Å². The normalized spacial score (nSPS) is 10.8. The summed E-state index contributed by atoms with van der Waals surface area (Å²) in [5.41, 5.74) is 2.81. The molecule has 0 radical (unpaired) electrons. The maximum atomic E-state index is 12.6. The second-order valence-corrected chi connectivity index (χ2v) is 6.50. The first kappa shape index (κ1) is 18.0. The van der Waals surface area contributed by atoms with Crippen LogP contribution in [-0.4, -0.2) is 35.1 Å².